The molecule has 0 N–H and O–H groups in total. The summed E-state index contributed by atoms with van der Waals surface area (Å²) in [4.78, 5) is 13.5. The zero-order chi connectivity index (χ0) is 10.0. The summed E-state index contributed by atoms with van der Waals surface area (Å²) in [6.07, 6.45) is 9.69. The zero-order valence-electron chi connectivity index (χ0n) is 8.66. The first-order valence-corrected chi connectivity index (χ1v) is 5.29. The quantitative estimate of drug-likeness (QED) is 0.555. The van der Waals surface area contributed by atoms with Crippen LogP contribution in [0.2, 0.25) is 0 Å². The van der Waals surface area contributed by atoms with Crippen LogP contribution in [0.25, 0.3) is 0 Å². The molecular weight excluding hydrogens is 178 g/mol. The molecule has 3 nitrogen and oxygen atoms in total. The van der Waals surface area contributed by atoms with Crippen LogP contribution in [0.4, 0.5) is 4.79 Å². The van der Waals surface area contributed by atoms with Gasteiger partial charge < -0.3 is 9.64 Å². The fourth-order valence-corrected chi connectivity index (χ4v) is 2.68. The van der Waals surface area contributed by atoms with Gasteiger partial charge in [0.15, 0.2) is 0 Å². The van der Waals surface area contributed by atoms with Gasteiger partial charge in [0.25, 0.3) is 0 Å². The third-order valence-electron chi connectivity index (χ3n) is 3.43. The molecule has 2 rings (SSSR count). The Labute approximate surface area is 84.7 Å². The summed E-state index contributed by atoms with van der Waals surface area (Å²) in [6, 6.07) is 0. The van der Waals surface area contributed by atoms with Gasteiger partial charge in [-0.1, -0.05) is 12.2 Å². The summed E-state index contributed by atoms with van der Waals surface area (Å²) in [6.45, 7) is 0.862. The molecule has 0 aromatic rings. The van der Waals surface area contributed by atoms with Gasteiger partial charge in [0, 0.05) is 6.54 Å². The highest BCUT2D eigenvalue weighted by atomic mass is 16.5. The third kappa shape index (κ3) is 1.41. The number of ether oxygens (including phenoxy) is 1. The van der Waals surface area contributed by atoms with Crippen molar-refractivity contribution in [3.8, 4) is 0 Å². The van der Waals surface area contributed by atoms with Crippen molar-refractivity contribution in [3.63, 3.8) is 0 Å². The molecule has 1 spiro atoms. The van der Waals surface area contributed by atoms with Crippen LogP contribution in [0.3, 0.4) is 0 Å². The predicted octanol–water partition coefficient (Wildman–Crippen LogP) is 2.33. The van der Waals surface area contributed by atoms with Crippen LogP contribution in [0.5, 0.6) is 0 Å². The minimum absolute atomic E-state index is 0.0852. The molecule has 1 atom stereocenters. The topological polar surface area (TPSA) is 29.5 Å². The zero-order valence-corrected chi connectivity index (χ0v) is 8.66. The van der Waals surface area contributed by atoms with E-state index in [0.717, 1.165) is 38.6 Å². The molecule has 1 fully saturated rings. The van der Waals surface area contributed by atoms with Gasteiger partial charge in [-0.25, -0.2) is 4.79 Å². The maximum Gasteiger partial charge on any atom is 0.409 e. The molecule has 3 heteroatoms. The molecule has 1 aliphatic carbocycles. The molecule has 0 radical (unpaired) electrons. The Morgan fingerprint density at radius 1 is 1.43 bits per heavy atom. The van der Waals surface area contributed by atoms with Gasteiger partial charge in [-0.3, -0.25) is 0 Å². The molecule has 0 bridgehead atoms. The van der Waals surface area contributed by atoms with Gasteiger partial charge in [0.1, 0.15) is 0 Å². The van der Waals surface area contributed by atoms with Crippen molar-refractivity contribution in [3.05, 3.63) is 12.2 Å². The molecule has 0 aromatic carbocycles. The van der Waals surface area contributed by atoms with Gasteiger partial charge in [-0.05, 0) is 32.1 Å². The van der Waals surface area contributed by atoms with E-state index in [2.05, 4.69) is 12.2 Å². The largest absolute Gasteiger partial charge is 0.453 e. The first-order valence-electron chi connectivity index (χ1n) is 5.29. The SMILES string of the molecule is COC(=O)N1CCCC12CC=CCC2. The van der Waals surface area contributed by atoms with Crippen molar-refractivity contribution in [1.82, 2.24) is 4.90 Å². The lowest BCUT2D eigenvalue weighted by Gasteiger charge is -2.38. The molecule has 1 saturated heterocycles. The lowest BCUT2D eigenvalue weighted by atomic mass is 9.83. The van der Waals surface area contributed by atoms with Gasteiger partial charge in [0.2, 0.25) is 0 Å². The molecule has 1 aliphatic heterocycles. The Hall–Kier alpha value is -0.990. The fraction of sp³-hybridized carbons (Fsp3) is 0.727. The van der Waals surface area contributed by atoms with Crippen LogP contribution >= 0.6 is 0 Å². The molecular formula is C11H17NO2. The number of carbonyl (C=O) groups excluding carboxylic acids is 1. The Morgan fingerprint density at radius 3 is 2.93 bits per heavy atom. The van der Waals surface area contributed by atoms with E-state index in [9.17, 15) is 4.79 Å². The molecule has 2 aliphatic rings. The second-order valence-corrected chi connectivity index (χ2v) is 4.16. The van der Waals surface area contributed by atoms with Crippen molar-refractivity contribution in [2.45, 2.75) is 37.6 Å². The van der Waals surface area contributed by atoms with Crippen LogP contribution in [0.1, 0.15) is 32.1 Å². The first kappa shape index (κ1) is 9.56. The summed E-state index contributed by atoms with van der Waals surface area (Å²) in [5.74, 6) is 0. The van der Waals surface area contributed by atoms with Gasteiger partial charge in [-0.2, -0.15) is 0 Å². The minimum atomic E-state index is -0.155. The number of methoxy groups -OCH3 is 1. The van der Waals surface area contributed by atoms with Gasteiger partial charge >= 0.3 is 6.09 Å². The van der Waals surface area contributed by atoms with Crippen LogP contribution < -0.4 is 0 Å². The summed E-state index contributed by atoms with van der Waals surface area (Å²) in [5, 5.41) is 0. The number of hydrogen-bond donors (Lipinski definition) is 0. The average Bonchev–Trinajstić information content (AvgIpc) is 2.62. The minimum Gasteiger partial charge on any atom is -0.453 e. The highest BCUT2D eigenvalue weighted by molar-refractivity contribution is 5.69. The number of likely N-dealkylation sites (tertiary alicyclic amines) is 1. The third-order valence-corrected chi connectivity index (χ3v) is 3.43. The number of allylic oxidation sites excluding steroid dienone is 1. The Balaban J connectivity index is 2.16. The molecule has 0 saturated carbocycles. The summed E-state index contributed by atoms with van der Waals surface area (Å²) < 4.78 is 4.82. The van der Waals surface area contributed by atoms with E-state index < -0.39 is 0 Å². The van der Waals surface area contributed by atoms with Crippen molar-refractivity contribution in [2.75, 3.05) is 13.7 Å². The van der Waals surface area contributed by atoms with E-state index in [-0.39, 0.29) is 11.6 Å². The highest BCUT2D eigenvalue weighted by Gasteiger charge is 2.43. The Morgan fingerprint density at radius 2 is 2.29 bits per heavy atom. The second-order valence-electron chi connectivity index (χ2n) is 4.16. The monoisotopic (exact) mass is 195 g/mol. The second kappa shape index (κ2) is 3.64. The molecule has 14 heavy (non-hydrogen) atoms. The van der Waals surface area contributed by atoms with Crippen LogP contribution in [0.15, 0.2) is 12.2 Å². The first-order chi connectivity index (χ1) is 6.78. The Kier molecular flexibility index (Phi) is 2.48. The van der Waals surface area contributed by atoms with E-state index in [0.29, 0.717) is 0 Å². The van der Waals surface area contributed by atoms with Crippen molar-refractivity contribution >= 4 is 6.09 Å². The normalized spacial score (nSPS) is 31.1. The maximum absolute atomic E-state index is 11.6. The van der Waals surface area contributed by atoms with E-state index in [4.69, 9.17) is 4.74 Å². The molecule has 1 heterocycles. The Bertz CT molecular complexity index is 262. The summed E-state index contributed by atoms with van der Waals surface area (Å²) in [5.41, 5.74) is 0.0852. The summed E-state index contributed by atoms with van der Waals surface area (Å²) in [7, 11) is 1.47. The van der Waals surface area contributed by atoms with E-state index >= 15 is 0 Å². The maximum atomic E-state index is 11.6. The number of rotatable bonds is 0. The van der Waals surface area contributed by atoms with E-state index in [1.54, 1.807) is 0 Å². The molecule has 1 unspecified atom stereocenters. The lowest BCUT2D eigenvalue weighted by Crippen LogP contribution is -2.47. The van der Waals surface area contributed by atoms with Crippen molar-refractivity contribution < 1.29 is 9.53 Å². The molecule has 0 aromatic heterocycles. The smallest absolute Gasteiger partial charge is 0.409 e. The number of nitrogens with zero attached hydrogens (tertiary/aromatic N) is 1. The van der Waals surface area contributed by atoms with Gasteiger partial charge in [-0.15, -0.1) is 0 Å². The number of amides is 1. The lowest BCUT2D eigenvalue weighted by molar-refractivity contribution is 0.0808. The highest BCUT2D eigenvalue weighted by Crippen LogP contribution is 2.39. The standard InChI is InChI=1S/C11H17NO2/c1-14-10(13)12-9-5-8-11(12)6-3-2-4-7-11/h2-3H,4-9H2,1H3. The fourth-order valence-electron chi connectivity index (χ4n) is 2.68. The van der Waals surface area contributed by atoms with Gasteiger partial charge in [0.05, 0.1) is 12.6 Å². The average molecular weight is 195 g/mol. The van der Waals surface area contributed by atoms with Crippen LogP contribution in [0, 0.1) is 0 Å². The van der Waals surface area contributed by atoms with Crippen molar-refractivity contribution in [1.29, 1.82) is 0 Å². The number of carbonyl (C=O) groups is 1. The number of hydrogen-bond acceptors (Lipinski definition) is 2. The van der Waals surface area contributed by atoms with E-state index in [1.807, 2.05) is 4.90 Å². The van der Waals surface area contributed by atoms with E-state index in [1.165, 1.54) is 7.11 Å². The molecule has 78 valence electrons. The molecule has 1 amide bonds. The summed E-state index contributed by atoms with van der Waals surface area (Å²) >= 11 is 0. The van der Waals surface area contributed by atoms with Crippen molar-refractivity contribution in [2.24, 2.45) is 0 Å². The predicted molar refractivity (Wildman–Crippen MR) is 54.1 cm³/mol. The van der Waals surface area contributed by atoms with Crippen LogP contribution in [-0.4, -0.2) is 30.2 Å². The van der Waals surface area contributed by atoms with Crippen LogP contribution in [-0.2, 0) is 4.74 Å².